The number of aliphatic carboxylic acids is 1. The Bertz CT molecular complexity index is 498. The van der Waals surface area contributed by atoms with Crippen molar-refractivity contribution >= 4 is 39.3 Å². The van der Waals surface area contributed by atoms with Crippen LogP contribution in [0.5, 0.6) is 0 Å². The molecule has 1 aromatic heterocycles. The van der Waals surface area contributed by atoms with Crippen LogP contribution >= 0.6 is 27.3 Å². The number of halogens is 1. The highest BCUT2D eigenvalue weighted by Gasteiger charge is 2.41. The molecule has 1 saturated carbocycles. The molecule has 1 aromatic rings. The van der Waals surface area contributed by atoms with E-state index in [-0.39, 0.29) is 12.6 Å². The third-order valence-corrected chi connectivity index (χ3v) is 5.63. The van der Waals surface area contributed by atoms with Crippen LogP contribution in [-0.2, 0) is 11.3 Å². The van der Waals surface area contributed by atoms with Crippen LogP contribution in [-0.4, -0.2) is 23.7 Å². The van der Waals surface area contributed by atoms with Crippen molar-refractivity contribution in [3.8, 4) is 0 Å². The van der Waals surface area contributed by atoms with Crippen molar-refractivity contribution in [1.82, 2.24) is 10.6 Å². The molecular formula is C13H17BrN2O3S. The Balaban J connectivity index is 1.80. The third kappa shape index (κ3) is 3.52. The largest absolute Gasteiger partial charge is 0.481 e. The van der Waals surface area contributed by atoms with Crippen molar-refractivity contribution in [2.24, 2.45) is 5.41 Å². The first kappa shape index (κ1) is 15.3. The Morgan fingerprint density at radius 3 is 2.60 bits per heavy atom. The van der Waals surface area contributed by atoms with Crippen LogP contribution in [0.25, 0.3) is 0 Å². The minimum absolute atomic E-state index is 0.194. The van der Waals surface area contributed by atoms with Crippen LogP contribution in [0, 0.1) is 5.41 Å². The number of carboxylic acids is 1. The number of hydrogen-bond acceptors (Lipinski definition) is 3. The van der Waals surface area contributed by atoms with E-state index in [0.717, 1.165) is 22.2 Å². The topological polar surface area (TPSA) is 78.4 Å². The molecule has 1 heterocycles. The maximum Gasteiger partial charge on any atom is 0.315 e. The van der Waals surface area contributed by atoms with E-state index in [2.05, 4.69) is 26.6 Å². The number of urea groups is 1. The van der Waals surface area contributed by atoms with Gasteiger partial charge in [-0.15, -0.1) is 11.3 Å². The average molecular weight is 361 g/mol. The summed E-state index contributed by atoms with van der Waals surface area (Å²) in [6.45, 7) is 0.629. The lowest BCUT2D eigenvalue weighted by atomic mass is 9.86. The molecule has 0 radical (unpaired) electrons. The molecule has 0 atom stereocenters. The van der Waals surface area contributed by atoms with Crippen molar-refractivity contribution in [3.63, 3.8) is 0 Å². The second-order valence-electron chi connectivity index (χ2n) is 5.02. The second-order valence-corrected chi connectivity index (χ2v) is 6.88. The van der Waals surface area contributed by atoms with Gasteiger partial charge in [0.15, 0.2) is 0 Å². The average Bonchev–Trinajstić information content (AvgIpc) is 3.04. The summed E-state index contributed by atoms with van der Waals surface area (Å²) >= 11 is 4.95. The number of carbonyl (C=O) groups excluding carboxylic acids is 1. The van der Waals surface area contributed by atoms with Gasteiger partial charge < -0.3 is 15.7 Å². The zero-order valence-electron chi connectivity index (χ0n) is 10.9. The molecule has 7 heteroatoms. The quantitative estimate of drug-likeness (QED) is 0.755. The molecule has 5 nitrogen and oxygen atoms in total. The van der Waals surface area contributed by atoms with E-state index in [1.54, 1.807) is 11.3 Å². The minimum atomic E-state index is -0.809. The minimum Gasteiger partial charge on any atom is -0.481 e. The lowest BCUT2D eigenvalue weighted by molar-refractivity contribution is -0.148. The predicted octanol–water partition coefficient (Wildman–Crippen LogP) is 2.95. The van der Waals surface area contributed by atoms with E-state index in [1.165, 1.54) is 0 Å². The molecule has 0 aromatic carbocycles. The molecule has 2 rings (SSSR count). The summed E-state index contributed by atoms with van der Waals surface area (Å²) in [5, 5.41) is 16.7. The molecule has 1 aliphatic rings. The molecular weight excluding hydrogens is 344 g/mol. The van der Waals surface area contributed by atoms with E-state index in [9.17, 15) is 14.7 Å². The molecule has 1 aliphatic carbocycles. The van der Waals surface area contributed by atoms with Crippen LogP contribution in [0.4, 0.5) is 4.79 Å². The first-order valence-corrected chi connectivity index (χ1v) is 8.18. The Morgan fingerprint density at radius 1 is 1.35 bits per heavy atom. The normalized spacial score (nSPS) is 16.9. The number of carbonyl (C=O) groups is 2. The zero-order valence-corrected chi connectivity index (χ0v) is 13.3. The lowest BCUT2D eigenvalue weighted by Gasteiger charge is -2.23. The fraction of sp³-hybridized carbons (Fsp3) is 0.538. The number of carboxylic acid groups (broad SMARTS) is 1. The summed E-state index contributed by atoms with van der Waals surface area (Å²) in [6, 6.07) is 1.61. The third-order valence-electron chi connectivity index (χ3n) is 3.70. The molecule has 110 valence electrons. The molecule has 3 N–H and O–H groups in total. The van der Waals surface area contributed by atoms with Gasteiger partial charge in [-0.05, 0) is 40.2 Å². The SMILES string of the molecule is O=C(NCc1sccc1Br)NCC1(C(=O)O)CCCC1. The molecule has 0 saturated heterocycles. The van der Waals surface area contributed by atoms with Gasteiger partial charge in [0.25, 0.3) is 0 Å². The van der Waals surface area contributed by atoms with E-state index in [4.69, 9.17) is 0 Å². The van der Waals surface area contributed by atoms with Crippen LogP contribution in [0.3, 0.4) is 0 Å². The first-order valence-electron chi connectivity index (χ1n) is 6.50. The standard InChI is InChI=1S/C13H17BrN2O3S/c14-9-3-6-20-10(9)7-15-12(19)16-8-13(11(17)18)4-1-2-5-13/h3,6H,1-2,4-5,7-8H2,(H,17,18)(H2,15,16,19). The molecule has 2 amide bonds. The van der Waals surface area contributed by atoms with Crippen LogP contribution in [0.2, 0.25) is 0 Å². The van der Waals surface area contributed by atoms with Gasteiger partial charge in [0.1, 0.15) is 0 Å². The number of nitrogens with one attached hydrogen (secondary N) is 2. The molecule has 20 heavy (non-hydrogen) atoms. The number of thiophene rings is 1. The summed E-state index contributed by atoms with van der Waals surface area (Å²) in [6.07, 6.45) is 3.10. The van der Waals surface area contributed by atoms with Gasteiger partial charge >= 0.3 is 12.0 Å². The Hall–Kier alpha value is -1.08. The molecule has 1 fully saturated rings. The summed E-state index contributed by atoms with van der Waals surface area (Å²) in [4.78, 5) is 24.1. The Kier molecular flexibility index (Phi) is 5.04. The summed E-state index contributed by atoms with van der Waals surface area (Å²) < 4.78 is 0.973. The fourth-order valence-electron chi connectivity index (χ4n) is 2.44. The van der Waals surface area contributed by atoms with Crippen molar-refractivity contribution in [3.05, 3.63) is 20.8 Å². The van der Waals surface area contributed by atoms with E-state index in [0.29, 0.717) is 19.4 Å². The highest BCUT2D eigenvalue weighted by atomic mass is 79.9. The highest BCUT2D eigenvalue weighted by molar-refractivity contribution is 9.10. The van der Waals surface area contributed by atoms with Crippen molar-refractivity contribution < 1.29 is 14.7 Å². The Morgan fingerprint density at radius 2 is 2.05 bits per heavy atom. The van der Waals surface area contributed by atoms with Gasteiger partial charge in [0.05, 0.1) is 12.0 Å². The fourth-order valence-corrected chi connectivity index (χ4v) is 3.87. The van der Waals surface area contributed by atoms with Crippen molar-refractivity contribution in [2.75, 3.05) is 6.54 Å². The summed E-state index contributed by atoms with van der Waals surface area (Å²) in [7, 11) is 0. The van der Waals surface area contributed by atoms with Gasteiger partial charge in [0, 0.05) is 15.9 Å². The van der Waals surface area contributed by atoms with Crippen LogP contribution in [0.15, 0.2) is 15.9 Å². The number of hydrogen-bond donors (Lipinski definition) is 3. The maximum atomic E-state index is 11.7. The van der Waals surface area contributed by atoms with Gasteiger partial charge in [-0.3, -0.25) is 4.79 Å². The van der Waals surface area contributed by atoms with Crippen LogP contribution in [0.1, 0.15) is 30.6 Å². The van der Waals surface area contributed by atoms with Crippen molar-refractivity contribution in [2.45, 2.75) is 32.2 Å². The van der Waals surface area contributed by atoms with E-state index in [1.807, 2.05) is 11.4 Å². The molecule has 0 spiro atoms. The van der Waals surface area contributed by atoms with Gasteiger partial charge in [-0.1, -0.05) is 12.8 Å². The van der Waals surface area contributed by atoms with E-state index >= 15 is 0 Å². The summed E-state index contributed by atoms with van der Waals surface area (Å²) in [5.41, 5.74) is -0.777. The van der Waals surface area contributed by atoms with E-state index < -0.39 is 11.4 Å². The molecule has 0 unspecified atom stereocenters. The maximum absolute atomic E-state index is 11.7. The van der Waals surface area contributed by atoms with Crippen LogP contribution < -0.4 is 10.6 Å². The Labute approximate surface area is 129 Å². The number of rotatable bonds is 5. The second kappa shape index (κ2) is 6.58. The van der Waals surface area contributed by atoms with Gasteiger partial charge in [-0.2, -0.15) is 0 Å². The lowest BCUT2D eigenvalue weighted by Crippen LogP contribution is -2.44. The number of amides is 2. The van der Waals surface area contributed by atoms with Gasteiger partial charge in [0.2, 0.25) is 0 Å². The van der Waals surface area contributed by atoms with Gasteiger partial charge in [-0.25, -0.2) is 4.79 Å². The predicted molar refractivity (Wildman–Crippen MR) is 80.8 cm³/mol. The molecule has 0 bridgehead atoms. The zero-order chi connectivity index (χ0) is 14.6. The summed E-state index contributed by atoms with van der Waals surface area (Å²) in [5.74, 6) is -0.809. The first-order chi connectivity index (χ1) is 9.53. The monoisotopic (exact) mass is 360 g/mol. The van der Waals surface area contributed by atoms with Crippen molar-refractivity contribution in [1.29, 1.82) is 0 Å². The molecule has 0 aliphatic heterocycles. The highest BCUT2D eigenvalue weighted by Crippen LogP contribution is 2.37. The smallest absolute Gasteiger partial charge is 0.315 e.